The molecule has 7 heteroatoms. The van der Waals surface area contributed by atoms with Crippen LogP contribution in [-0.2, 0) is 4.79 Å². The number of aromatic nitrogens is 1. The molecule has 0 fully saturated rings. The van der Waals surface area contributed by atoms with E-state index in [0.29, 0.717) is 33.9 Å². The van der Waals surface area contributed by atoms with Crippen molar-refractivity contribution in [3.05, 3.63) is 81.2 Å². The highest BCUT2D eigenvalue weighted by Crippen LogP contribution is 2.36. The Morgan fingerprint density at radius 1 is 1.00 bits per heavy atom. The van der Waals surface area contributed by atoms with Gasteiger partial charge in [-0.25, -0.2) is 9.78 Å². The van der Waals surface area contributed by atoms with E-state index in [0.717, 1.165) is 8.95 Å². The molecule has 4 aromatic rings. The zero-order valence-corrected chi connectivity index (χ0v) is 17.5. The van der Waals surface area contributed by atoms with Gasteiger partial charge in [-0.2, -0.15) is 0 Å². The Kier molecular flexibility index (Phi) is 5.19. The molecular weight excluding hydrogens is 490 g/mol. The van der Waals surface area contributed by atoms with Crippen LogP contribution in [0.5, 0.6) is 5.75 Å². The molecule has 1 atom stereocenters. The van der Waals surface area contributed by atoms with Crippen molar-refractivity contribution in [1.82, 2.24) is 4.98 Å². The van der Waals surface area contributed by atoms with Crippen molar-refractivity contribution in [1.29, 1.82) is 0 Å². The third-order valence-corrected chi connectivity index (χ3v) is 5.07. The van der Waals surface area contributed by atoms with Gasteiger partial charge in [0.1, 0.15) is 11.3 Å². The van der Waals surface area contributed by atoms with Crippen LogP contribution in [0.3, 0.4) is 0 Å². The zero-order valence-electron chi connectivity index (χ0n) is 14.3. The minimum atomic E-state index is -1.18. The molecule has 1 N–H and O–H groups in total. The van der Waals surface area contributed by atoms with Crippen LogP contribution in [0.4, 0.5) is 0 Å². The molecule has 1 heterocycles. The molecule has 0 saturated heterocycles. The Bertz CT molecular complexity index is 1140. The van der Waals surface area contributed by atoms with E-state index in [1.165, 1.54) is 0 Å². The SMILES string of the molecule is O=C(O)C(Oc1ccc(Br)cc1-c1nc2ccccc2o1)c1cccc(Br)c1. The molecule has 0 spiro atoms. The zero-order chi connectivity index (χ0) is 19.7. The number of hydrogen-bond acceptors (Lipinski definition) is 4. The van der Waals surface area contributed by atoms with Crippen molar-refractivity contribution in [3.8, 4) is 17.2 Å². The van der Waals surface area contributed by atoms with E-state index in [-0.39, 0.29) is 0 Å². The van der Waals surface area contributed by atoms with Crippen molar-refractivity contribution in [2.24, 2.45) is 0 Å². The van der Waals surface area contributed by atoms with E-state index < -0.39 is 12.1 Å². The van der Waals surface area contributed by atoms with Gasteiger partial charge in [0.05, 0.1) is 5.56 Å². The molecule has 0 saturated carbocycles. The molecule has 0 bridgehead atoms. The predicted molar refractivity (Wildman–Crippen MR) is 112 cm³/mol. The number of carbonyl (C=O) groups is 1. The van der Waals surface area contributed by atoms with Crippen molar-refractivity contribution >= 4 is 48.9 Å². The standard InChI is InChI=1S/C21H13Br2NO4/c22-13-5-3-4-12(10-13)19(21(25)26)27-17-9-8-14(23)11-15(17)20-24-16-6-1-2-7-18(16)28-20/h1-11,19H,(H,25,26). The van der Waals surface area contributed by atoms with Crippen LogP contribution in [0.25, 0.3) is 22.6 Å². The summed E-state index contributed by atoms with van der Waals surface area (Å²) >= 11 is 6.81. The second-order valence-corrected chi connectivity index (χ2v) is 7.85. The quantitative estimate of drug-likeness (QED) is 0.350. The molecule has 0 amide bonds. The van der Waals surface area contributed by atoms with Crippen LogP contribution in [0.1, 0.15) is 11.7 Å². The normalized spacial score (nSPS) is 12.1. The van der Waals surface area contributed by atoms with Gasteiger partial charge in [-0.3, -0.25) is 0 Å². The van der Waals surface area contributed by atoms with E-state index >= 15 is 0 Å². The maximum absolute atomic E-state index is 11.9. The maximum Gasteiger partial charge on any atom is 0.349 e. The molecule has 0 aliphatic rings. The molecule has 4 rings (SSSR count). The number of ether oxygens (including phenoxy) is 1. The van der Waals surface area contributed by atoms with Gasteiger partial charge in [-0.1, -0.05) is 56.1 Å². The average Bonchev–Trinajstić information content (AvgIpc) is 3.10. The number of para-hydroxylation sites is 2. The number of hydrogen-bond donors (Lipinski definition) is 1. The predicted octanol–water partition coefficient (Wildman–Crippen LogP) is 6.22. The molecule has 28 heavy (non-hydrogen) atoms. The number of rotatable bonds is 5. The van der Waals surface area contributed by atoms with Crippen molar-refractivity contribution in [2.75, 3.05) is 0 Å². The van der Waals surface area contributed by atoms with Crippen LogP contribution in [0, 0.1) is 0 Å². The number of carboxylic acid groups (broad SMARTS) is 1. The lowest BCUT2D eigenvalue weighted by Crippen LogP contribution is -2.18. The number of carboxylic acids is 1. The van der Waals surface area contributed by atoms with Crippen LogP contribution >= 0.6 is 31.9 Å². The number of benzene rings is 3. The number of oxazole rings is 1. The van der Waals surface area contributed by atoms with Gasteiger partial charge in [0.15, 0.2) is 5.58 Å². The van der Waals surface area contributed by atoms with Crippen LogP contribution in [-0.4, -0.2) is 16.1 Å². The lowest BCUT2D eigenvalue weighted by Gasteiger charge is -2.17. The second-order valence-electron chi connectivity index (χ2n) is 6.02. The molecule has 3 aromatic carbocycles. The molecular formula is C21H13Br2NO4. The Morgan fingerprint density at radius 3 is 2.54 bits per heavy atom. The maximum atomic E-state index is 11.9. The van der Waals surface area contributed by atoms with Crippen molar-refractivity contribution in [2.45, 2.75) is 6.10 Å². The summed E-state index contributed by atoms with van der Waals surface area (Å²) < 4.78 is 13.3. The molecule has 0 aliphatic carbocycles. The van der Waals surface area contributed by atoms with E-state index in [1.807, 2.05) is 30.3 Å². The summed E-state index contributed by atoms with van der Waals surface area (Å²) in [5.41, 5.74) is 2.44. The fourth-order valence-electron chi connectivity index (χ4n) is 2.82. The summed E-state index contributed by atoms with van der Waals surface area (Å²) in [7, 11) is 0. The third-order valence-electron chi connectivity index (χ3n) is 4.09. The highest BCUT2D eigenvalue weighted by Gasteiger charge is 2.25. The average molecular weight is 503 g/mol. The minimum absolute atomic E-state index is 0.357. The van der Waals surface area contributed by atoms with E-state index in [2.05, 4.69) is 36.8 Å². The Morgan fingerprint density at radius 2 is 1.79 bits per heavy atom. The van der Waals surface area contributed by atoms with Crippen LogP contribution in [0.15, 0.2) is 80.1 Å². The summed E-state index contributed by atoms with van der Waals surface area (Å²) in [5, 5.41) is 9.72. The first kappa shape index (κ1) is 18.7. The number of halogens is 2. The van der Waals surface area contributed by atoms with Crippen molar-refractivity contribution < 1.29 is 19.1 Å². The van der Waals surface area contributed by atoms with E-state index in [4.69, 9.17) is 9.15 Å². The van der Waals surface area contributed by atoms with Gasteiger partial charge in [0.2, 0.25) is 12.0 Å². The Labute approximate surface area is 177 Å². The first-order valence-electron chi connectivity index (χ1n) is 8.32. The highest BCUT2D eigenvalue weighted by atomic mass is 79.9. The Hall–Kier alpha value is -2.64. The summed E-state index contributed by atoms with van der Waals surface area (Å²) in [6.07, 6.45) is -1.18. The molecule has 0 radical (unpaired) electrons. The first-order valence-corrected chi connectivity index (χ1v) is 9.90. The van der Waals surface area contributed by atoms with Gasteiger partial charge in [0, 0.05) is 14.5 Å². The summed E-state index contributed by atoms with van der Waals surface area (Å²) in [4.78, 5) is 16.4. The van der Waals surface area contributed by atoms with Crippen molar-refractivity contribution in [3.63, 3.8) is 0 Å². The minimum Gasteiger partial charge on any atom is -0.478 e. The Balaban J connectivity index is 1.78. The summed E-state index contributed by atoms with van der Waals surface area (Å²) in [6.45, 7) is 0. The third kappa shape index (κ3) is 3.81. The molecule has 5 nitrogen and oxygen atoms in total. The van der Waals surface area contributed by atoms with E-state index in [9.17, 15) is 9.90 Å². The fourth-order valence-corrected chi connectivity index (χ4v) is 3.60. The van der Waals surface area contributed by atoms with Gasteiger partial charge >= 0.3 is 5.97 Å². The number of fused-ring (bicyclic) bond motifs is 1. The van der Waals surface area contributed by atoms with Crippen LogP contribution in [0.2, 0.25) is 0 Å². The molecule has 1 aromatic heterocycles. The summed E-state index contributed by atoms with van der Waals surface area (Å²) in [5.74, 6) is -0.373. The topological polar surface area (TPSA) is 72.6 Å². The van der Waals surface area contributed by atoms with Gasteiger partial charge < -0.3 is 14.3 Å². The largest absolute Gasteiger partial charge is 0.478 e. The smallest absolute Gasteiger partial charge is 0.349 e. The van der Waals surface area contributed by atoms with Gasteiger partial charge in [-0.15, -0.1) is 0 Å². The monoisotopic (exact) mass is 501 g/mol. The van der Waals surface area contributed by atoms with Gasteiger partial charge in [-0.05, 0) is 42.5 Å². The lowest BCUT2D eigenvalue weighted by atomic mass is 10.1. The molecule has 140 valence electrons. The first-order chi connectivity index (χ1) is 13.5. The molecule has 1 unspecified atom stereocenters. The van der Waals surface area contributed by atoms with Gasteiger partial charge in [0.25, 0.3) is 0 Å². The number of nitrogens with zero attached hydrogens (tertiary/aromatic N) is 1. The lowest BCUT2D eigenvalue weighted by molar-refractivity contribution is -0.145. The fraction of sp³-hybridized carbons (Fsp3) is 0.0476. The van der Waals surface area contributed by atoms with Crippen LogP contribution < -0.4 is 4.74 Å². The highest BCUT2D eigenvalue weighted by molar-refractivity contribution is 9.10. The molecule has 0 aliphatic heterocycles. The number of aliphatic carboxylic acids is 1. The van der Waals surface area contributed by atoms with E-state index in [1.54, 1.807) is 36.4 Å². The summed E-state index contributed by atoms with van der Waals surface area (Å²) in [6, 6.07) is 19.7. The second kappa shape index (κ2) is 7.77.